The molecule has 0 aromatic rings. The van der Waals surface area contributed by atoms with Crippen molar-refractivity contribution in [1.82, 2.24) is 5.32 Å². The maximum Gasteiger partial charge on any atom is 0.0690 e. The van der Waals surface area contributed by atoms with Gasteiger partial charge in [0.2, 0.25) is 0 Å². The molecule has 0 bridgehead atoms. The smallest absolute Gasteiger partial charge is 0.0690 e. The van der Waals surface area contributed by atoms with Crippen LogP contribution in [0.3, 0.4) is 0 Å². The van der Waals surface area contributed by atoms with E-state index in [1.807, 2.05) is 0 Å². The molecule has 0 aromatic carbocycles. The molecule has 1 aliphatic heterocycles. The van der Waals surface area contributed by atoms with Crippen molar-refractivity contribution < 1.29 is 0 Å². The number of rotatable bonds is 2. The molecular formula is C11H20N2. The van der Waals surface area contributed by atoms with Crippen molar-refractivity contribution in [3.8, 4) is 6.07 Å². The van der Waals surface area contributed by atoms with E-state index in [1.54, 1.807) is 0 Å². The second kappa shape index (κ2) is 3.67. The zero-order valence-electron chi connectivity index (χ0n) is 8.98. The Balaban J connectivity index is 2.71. The monoisotopic (exact) mass is 180 g/mol. The molecule has 1 heterocycles. The highest BCUT2D eigenvalue weighted by molar-refractivity contribution is 5.06. The Kier molecular flexibility index (Phi) is 2.98. The predicted molar refractivity (Wildman–Crippen MR) is 54.3 cm³/mol. The van der Waals surface area contributed by atoms with Gasteiger partial charge in [-0.2, -0.15) is 5.26 Å². The van der Waals surface area contributed by atoms with Crippen molar-refractivity contribution >= 4 is 0 Å². The van der Waals surface area contributed by atoms with Crippen molar-refractivity contribution in [1.29, 1.82) is 5.26 Å². The van der Waals surface area contributed by atoms with Crippen LogP contribution in [-0.4, -0.2) is 12.1 Å². The summed E-state index contributed by atoms with van der Waals surface area (Å²) in [5.41, 5.74) is 0.0899. The van der Waals surface area contributed by atoms with Crippen LogP contribution in [0.1, 0.15) is 46.5 Å². The zero-order chi connectivity index (χ0) is 9.95. The maximum absolute atomic E-state index is 9.23. The maximum atomic E-state index is 9.23. The van der Waals surface area contributed by atoms with Crippen molar-refractivity contribution in [2.45, 2.75) is 52.0 Å². The van der Waals surface area contributed by atoms with E-state index >= 15 is 0 Å². The summed E-state index contributed by atoms with van der Waals surface area (Å²) < 4.78 is 0. The third-order valence-electron chi connectivity index (χ3n) is 2.95. The van der Waals surface area contributed by atoms with E-state index in [9.17, 15) is 5.26 Å². The summed E-state index contributed by atoms with van der Waals surface area (Å²) >= 11 is 0. The molecule has 0 amide bonds. The first-order chi connectivity index (χ1) is 6.04. The minimum Gasteiger partial charge on any atom is -0.312 e. The van der Waals surface area contributed by atoms with Crippen molar-refractivity contribution in [3.05, 3.63) is 0 Å². The first kappa shape index (κ1) is 10.5. The lowest BCUT2D eigenvalue weighted by molar-refractivity contribution is 0.162. The lowest BCUT2D eigenvalue weighted by Gasteiger charge is -2.41. The standard InChI is InChI=1S/C11H20N2/c1-4-5-11(9-12)6-7-13-10(2,3)8-11/h13H,4-8H2,1-3H3. The fourth-order valence-electron chi connectivity index (χ4n) is 2.48. The molecule has 74 valence electrons. The molecule has 0 radical (unpaired) electrons. The average Bonchev–Trinajstić information content (AvgIpc) is 2.03. The number of piperidine rings is 1. The molecule has 1 rings (SSSR count). The Bertz CT molecular complexity index is 211. The van der Waals surface area contributed by atoms with Gasteiger partial charge in [0.1, 0.15) is 0 Å². The topological polar surface area (TPSA) is 35.8 Å². The second-order valence-electron chi connectivity index (χ2n) is 4.88. The van der Waals surface area contributed by atoms with E-state index in [0.29, 0.717) is 0 Å². The van der Waals surface area contributed by atoms with Gasteiger partial charge in [-0.15, -0.1) is 0 Å². The molecule has 2 nitrogen and oxygen atoms in total. The third kappa shape index (κ3) is 2.45. The highest BCUT2D eigenvalue weighted by Gasteiger charge is 2.39. The summed E-state index contributed by atoms with van der Waals surface area (Å²) in [5, 5.41) is 12.7. The average molecular weight is 180 g/mol. The Hall–Kier alpha value is -0.550. The highest BCUT2D eigenvalue weighted by Crippen LogP contribution is 2.38. The molecule has 1 unspecified atom stereocenters. The molecule has 13 heavy (non-hydrogen) atoms. The van der Waals surface area contributed by atoms with Gasteiger partial charge in [-0.1, -0.05) is 13.3 Å². The van der Waals surface area contributed by atoms with E-state index < -0.39 is 0 Å². The Morgan fingerprint density at radius 3 is 2.62 bits per heavy atom. The quantitative estimate of drug-likeness (QED) is 0.708. The number of nitrogens with one attached hydrogen (secondary N) is 1. The van der Waals surface area contributed by atoms with Crippen LogP contribution in [0.25, 0.3) is 0 Å². The second-order valence-corrected chi connectivity index (χ2v) is 4.88. The molecule has 0 aromatic heterocycles. The number of nitriles is 1. The SMILES string of the molecule is CCCC1(C#N)CCNC(C)(C)C1. The van der Waals surface area contributed by atoms with E-state index in [4.69, 9.17) is 0 Å². The van der Waals surface area contributed by atoms with Gasteiger partial charge in [-0.3, -0.25) is 0 Å². The normalized spacial score (nSPS) is 32.5. The van der Waals surface area contributed by atoms with Gasteiger partial charge in [-0.25, -0.2) is 0 Å². The van der Waals surface area contributed by atoms with E-state index in [1.165, 1.54) is 0 Å². The van der Waals surface area contributed by atoms with Crippen LogP contribution >= 0.6 is 0 Å². The predicted octanol–water partition coefficient (Wildman–Crippen LogP) is 2.46. The van der Waals surface area contributed by atoms with Crippen LogP contribution in [0.15, 0.2) is 0 Å². The van der Waals surface area contributed by atoms with Crippen LogP contribution < -0.4 is 5.32 Å². The highest BCUT2D eigenvalue weighted by atomic mass is 15.0. The summed E-state index contributed by atoms with van der Waals surface area (Å²) in [5.74, 6) is 0. The molecule has 1 aliphatic rings. The van der Waals surface area contributed by atoms with Crippen LogP contribution in [0.5, 0.6) is 0 Å². The van der Waals surface area contributed by atoms with Gasteiger partial charge >= 0.3 is 0 Å². The molecule has 0 saturated carbocycles. The van der Waals surface area contributed by atoms with E-state index in [2.05, 4.69) is 32.2 Å². The summed E-state index contributed by atoms with van der Waals surface area (Å²) in [7, 11) is 0. The molecule has 1 atom stereocenters. The van der Waals surface area contributed by atoms with Crippen LogP contribution in [0.2, 0.25) is 0 Å². The minimum absolute atomic E-state index is 0.0521. The largest absolute Gasteiger partial charge is 0.312 e. The van der Waals surface area contributed by atoms with Crippen LogP contribution in [0.4, 0.5) is 0 Å². The molecule has 0 aliphatic carbocycles. The van der Waals surface area contributed by atoms with Gasteiger partial charge < -0.3 is 5.32 Å². The van der Waals surface area contributed by atoms with Crippen molar-refractivity contribution in [2.75, 3.05) is 6.54 Å². The van der Waals surface area contributed by atoms with Crippen molar-refractivity contribution in [3.63, 3.8) is 0 Å². The summed E-state index contributed by atoms with van der Waals surface area (Å²) in [4.78, 5) is 0. The number of nitrogens with zero attached hydrogens (tertiary/aromatic N) is 1. The number of hydrogen-bond acceptors (Lipinski definition) is 2. The fourth-order valence-corrected chi connectivity index (χ4v) is 2.48. The van der Waals surface area contributed by atoms with Gasteiger partial charge in [-0.05, 0) is 39.7 Å². The van der Waals surface area contributed by atoms with Crippen LogP contribution in [0, 0.1) is 16.7 Å². The Morgan fingerprint density at radius 1 is 1.46 bits per heavy atom. The minimum atomic E-state index is -0.0521. The summed E-state index contributed by atoms with van der Waals surface area (Å²) in [6.45, 7) is 7.52. The van der Waals surface area contributed by atoms with E-state index in [0.717, 1.165) is 32.2 Å². The first-order valence-corrected chi connectivity index (χ1v) is 5.20. The molecule has 0 spiro atoms. The number of hydrogen-bond donors (Lipinski definition) is 1. The molecule has 1 fully saturated rings. The van der Waals surface area contributed by atoms with Crippen LogP contribution in [-0.2, 0) is 0 Å². The van der Waals surface area contributed by atoms with Gasteiger partial charge in [0.25, 0.3) is 0 Å². The third-order valence-corrected chi connectivity index (χ3v) is 2.95. The van der Waals surface area contributed by atoms with Gasteiger partial charge in [0, 0.05) is 5.54 Å². The molecule has 1 saturated heterocycles. The zero-order valence-corrected chi connectivity index (χ0v) is 8.98. The Morgan fingerprint density at radius 2 is 2.15 bits per heavy atom. The lowest BCUT2D eigenvalue weighted by Crippen LogP contribution is -2.50. The molecule has 2 heteroatoms. The Labute approximate surface area is 81.3 Å². The fraction of sp³-hybridized carbons (Fsp3) is 0.909. The summed E-state index contributed by atoms with van der Waals surface area (Å²) in [6.07, 6.45) is 4.17. The molecular weight excluding hydrogens is 160 g/mol. The lowest BCUT2D eigenvalue weighted by atomic mass is 9.70. The first-order valence-electron chi connectivity index (χ1n) is 5.20. The molecule has 1 N–H and O–H groups in total. The summed E-state index contributed by atoms with van der Waals surface area (Å²) in [6, 6.07) is 2.53. The van der Waals surface area contributed by atoms with Gasteiger partial charge in [0.15, 0.2) is 0 Å². The van der Waals surface area contributed by atoms with Gasteiger partial charge in [0.05, 0.1) is 11.5 Å². The van der Waals surface area contributed by atoms with E-state index in [-0.39, 0.29) is 11.0 Å². The van der Waals surface area contributed by atoms with Crippen molar-refractivity contribution in [2.24, 2.45) is 5.41 Å².